The van der Waals surface area contributed by atoms with Gasteiger partial charge in [-0.1, -0.05) is 0 Å². The van der Waals surface area contributed by atoms with E-state index in [9.17, 15) is 18.0 Å². The summed E-state index contributed by atoms with van der Waals surface area (Å²) in [5, 5.41) is 3.86. The molecule has 0 atom stereocenters. The van der Waals surface area contributed by atoms with Crippen molar-refractivity contribution >= 4 is 43.8 Å². The summed E-state index contributed by atoms with van der Waals surface area (Å²) in [6, 6.07) is 4.84. The van der Waals surface area contributed by atoms with Gasteiger partial charge in [0, 0.05) is 14.1 Å². The maximum Gasteiger partial charge on any atom is 0.328 e. The van der Waals surface area contributed by atoms with Crippen LogP contribution >= 0.6 is 11.3 Å². The number of nitrogens with zero attached hydrogens (tertiary/aromatic N) is 2. The molecule has 2 aromatic heterocycles. The van der Waals surface area contributed by atoms with Crippen molar-refractivity contribution in [1.29, 1.82) is 0 Å². The van der Waals surface area contributed by atoms with E-state index in [1.807, 2.05) is 13.0 Å². The zero-order chi connectivity index (χ0) is 20.1. The SMILES string of the molecule is Cc1ccsc1C(=O)Nc1cc2c(cc1S(=O)(=O)C(C)C)n(C)c(=O)n2C. The van der Waals surface area contributed by atoms with Gasteiger partial charge in [0.15, 0.2) is 9.84 Å². The van der Waals surface area contributed by atoms with Gasteiger partial charge < -0.3 is 5.32 Å². The number of carbonyl (C=O) groups is 1. The molecule has 0 aliphatic carbocycles. The van der Waals surface area contributed by atoms with Gasteiger partial charge in [0.2, 0.25) is 0 Å². The molecule has 0 spiro atoms. The summed E-state index contributed by atoms with van der Waals surface area (Å²) in [6.07, 6.45) is 0. The maximum atomic E-state index is 12.9. The van der Waals surface area contributed by atoms with Gasteiger partial charge in [-0.15, -0.1) is 11.3 Å². The van der Waals surface area contributed by atoms with Crippen LogP contribution in [0.3, 0.4) is 0 Å². The summed E-state index contributed by atoms with van der Waals surface area (Å²) >= 11 is 1.29. The van der Waals surface area contributed by atoms with Gasteiger partial charge in [0.25, 0.3) is 5.91 Å². The van der Waals surface area contributed by atoms with E-state index in [-0.39, 0.29) is 22.2 Å². The first-order valence-corrected chi connectivity index (χ1v) is 10.8. The second kappa shape index (κ2) is 6.65. The molecule has 0 saturated heterocycles. The molecule has 0 saturated carbocycles. The lowest BCUT2D eigenvalue weighted by Gasteiger charge is -2.15. The number of thiophene rings is 1. The van der Waals surface area contributed by atoms with E-state index in [1.165, 1.54) is 26.5 Å². The van der Waals surface area contributed by atoms with Crippen LogP contribution in [-0.2, 0) is 23.9 Å². The second-order valence-corrected chi connectivity index (χ2v) is 10.1. The summed E-state index contributed by atoms with van der Waals surface area (Å²) in [7, 11) is -0.485. The normalized spacial score (nSPS) is 12.1. The van der Waals surface area contributed by atoms with E-state index in [0.29, 0.717) is 15.9 Å². The number of nitrogens with one attached hydrogen (secondary N) is 1. The van der Waals surface area contributed by atoms with Gasteiger partial charge in [0.05, 0.1) is 31.7 Å². The second-order valence-electron chi connectivity index (χ2n) is 6.72. The zero-order valence-electron chi connectivity index (χ0n) is 15.7. The molecular weight excluding hydrogens is 386 g/mol. The molecule has 0 aliphatic rings. The number of hydrogen-bond donors (Lipinski definition) is 1. The fourth-order valence-corrected chi connectivity index (χ4v) is 4.92. The summed E-state index contributed by atoms with van der Waals surface area (Å²) in [5.74, 6) is -0.372. The molecule has 3 aromatic rings. The van der Waals surface area contributed by atoms with Gasteiger partial charge in [-0.05, 0) is 49.9 Å². The van der Waals surface area contributed by atoms with Crippen molar-refractivity contribution in [3.05, 3.63) is 44.5 Å². The van der Waals surface area contributed by atoms with Crippen LogP contribution in [0, 0.1) is 6.92 Å². The number of anilines is 1. The molecule has 1 aromatic carbocycles. The Morgan fingerprint density at radius 1 is 1.15 bits per heavy atom. The van der Waals surface area contributed by atoms with Gasteiger partial charge in [-0.3, -0.25) is 13.9 Å². The van der Waals surface area contributed by atoms with Crippen LogP contribution in [-0.4, -0.2) is 28.7 Å². The number of sulfone groups is 1. The zero-order valence-corrected chi connectivity index (χ0v) is 17.4. The van der Waals surface area contributed by atoms with Crippen LogP contribution in [0.4, 0.5) is 5.69 Å². The molecule has 27 heavy (non-hydrogen) atoms. The Hall–Kier alpha value is -2.39. The summed E-state index contributed by atoms with van der Waals surface area (Å²) in [6.45, 7) is 4.98. The molecule has 144 valence electrons. The number of rotatable bonds is 4. The van der Waals surface area contributed by atoms with E-state index in [4.69, 9.17) is 0 Å². The lowest BCUT2D eigenvalue weighted by Crippen LogP contribution is -2.19. The Morgan fingerprint density at radius 3 is 2.26 bits per heavy atom. The predicted molar refractivity (Wildman–Crippen MR) is 107 cm³/mol. The Balaban J connectivity index is 2.26. The van der Waals surface area contributed by atoms with E-state index >= 15 is 0 Å². The molecule has 0 fully saturated rings. The van der Waals surface area contributed by atoms with Gasteiger partial charge in [-0.25, -0.2) is 13.2 Å². The highest BCUT2D eigenvalue weighted by atomic mass is 32.2. The standard InChI is InChI=1S/C18H21N3O4S2/c1-10(2)27(24,25)15-9-14-13(20(4)18(23)21(14)5)8-12(15)19-17(22)16-11(3)6-7-26-16/h6-10H,1-5H3,(H,19,22). The summed E-state index contributed by atoms with van der Waals surface area (Å²) < 4.78 is 28.6. The van der Waals surface area contributed by atoms with Crippen molar-refractivity contribution < 1.29 is 13.2 Å². The molecule has 0 radical (unpaired) electrons. The van der Waals surface area contributed by atoms with Crippen LogP contribution in [0.15, 0.2) is 33.3 Å². The van der Waals surface area contributed by atoms with Crippen molar-refractivity contribution in [2.24, 2.45) is 14.1 Å². The van der Waals surface area contributed by atoms with Crippen LogP contribution in [0.1, 0.15) is 29.1 Å². The lowest BCUT2D eigenvalue weighted by atomic mass is 10.2. The Bertz CT molecular complexity index is 1210. The fraction of sp³-hybridized carbons (Fsp3) is 0.333. The van der Waals surface area contributed by atoms with Crippen molar-refractivity contribution in [2.75, 3.05) is 5.32 Å². The number of benzene rings is 1. The maximum absolute atomic E-state index is 12.9. The first-order chi connectivity index (χ1) is 12.6. The summed E-state index contributed by atoms with van der Waals surface area (Å²) in [4.78, 5) is 25.4. The molecule has 1 amide bonds. The van der Waals surface area contributed by atoms with E-state index in [1.54, 1.807) is 39.4 Å². The molecule has 2 heterocycles. The van der Waals surface area contributed by atoms with Gasteiger partial charge >= 0.3 is 5.69 Å². The third-order valence-corrected chi connectivity index (χ3v) is 7.82. The number of imidazole rings is 1. The van der Waals surface area contributed by atoms with Crippen LogP contribution < -0.4 is 11.0 Å². The van der Waals surface area contributed by atoms with Crippen LogP contribution in [0.25, 0.3) is 11.0 Å². The molecule has 3 rings (SSSR count). The van der Waals surface area contributed by atoms with Crippen molar-refractivity contribution in [3.8, 4) is 0 Å². The Morgan fingerprint density at radius 2 is 1.74 bits per heavy atom. The molecule has 0 bridgehead atoms. The third-order valence-electron chi connectivity index (χ3n) is 4.62. The van der Waals surface area contributed by atoms with Crippen LogP contribution in [0.2, 0.25) is 0 Å². The molecule has 9 heteroatoms. The average Bonchev–Trinajstić information content (AvgIpc) is 3.12. The molecule has 1 N–H and O–H groups in total. The van der Waals surface area contributed by atoms with Crippen molar-refractivity contribution in [3.63, 3.8) is 0 Å². The molecule has 0 aliphatic heterocycles. The lowest BCUT2D eigenvalue weighted by molar-refractivity contribution is 0.103. The largest absolute Gasteiger partial charge is 0.328 e. The van der Waals surface area contributed by atoms with Gasteiger partial charge in [-0.2, -0.15) is 0 Å². The number of aryl methyl sites for hydroxylation is 3. The first-order valence-electron chi connectivity index (χ1n) is 8.34. The minimum Gasteiger partial charge on any atom is -0.320 e. The van der Waals surface area contributed by atoms with Crippen LogP contribution in [0.5, 0.6) is 0 Å². The number of carbonyl (C=O) groups excluding carboxylic acids is 1. The minimum atomic E-state index is -3.68. The molecule has 7 nitrogen and oxygen atoms in total. The van der Waals surface area contributed by atoms with Crippen molar-refractivity contribution in [2.45, 2.75) is 30.9 Å². The predicted octanol–water partition coefficient (Wildman–Crippen LogP) is 2.68. The Kier molecular flexibility index (Phi) is 4.77. The average molecular weight is 408 g/mol. The van der Waals surface area contributed by atoms with Crippen molar-refractivity contribution in [1.82, 2.24) is 9.13 Å². The molecular formula is C18H21N3O4S2. The topological polar surface area (TPSA) is 90.2 Å². The Labute approximate surface area is 161 Å². The first kappa shape index (κ1) is 19.4. The minimum absolute atomic E-state index is 0.00811. The number of fused-ring (bicyclic) bond motifs is 1. The monoisotopic (exact) mass is 407 g/mol. The number of aromatic nitrogens is 2. The third kappa shape index (κ3) is 3.10. The molecule has 0 unspecified atom stereocenters. The van der Waals surface area contributed by atoms with E-state index in [2.05, 4.69) is 5.32 Å². The fourth-order valence-electron chi connectivity index (χ4n) is 2.90. The van der Waals surface area contributed by atoms with E-state index < -0.39 is 15.1 Å². The number of hydrogen-bond acceptors (Lipinski definition) is 5. The highest BCUT2D eigenvalue weighted by Crippen LogP contribution is 2.31. The quantitative estimate of drug-likeness (QED) is 0.720. The number of amides is 1. The highest BCUT2D eigenvalue weighted by molar-refractivity contribution is 7.92. The highest BCUT2D eigenvalue weighted by Gasteiger charge is 2.26. The summed E-state index contributed by atoms with van der Waals surface area (Å²) in [5.41, 5.74) is 1.76. The van der Waals surface area contributed by atoms with Gasteiger partial charge in [0.1, 0.15) is 0 Å². The smallest absolute Gasteiger partial charge is 0.320 e. The van der Waals surface area contributed by atoms with E-state index in [0.717, 1.165) is 5.56 Å².